The molecule has 18 heavy (non-hydrogen) atoms. The Hall–Kier alpha value is -1.74. The zero-order valence-corrected chi connectivity index (χ0v) is 10.6. The molecule has 3 heteroatoms. The maximum Gasteiger partial charge on any atom is 0.129 e. The van der Waals surface area contributed by atoms with E-state index in [2.05, 4.69) is 24.9 Å². The lowest BCUT2D eigenvalue weighted by atomic mass is 9.98. The van der Waals surface area contributed by atoms with Gasteiger partial charge < -0.3 is 14.8 Å². The highest BCUT2D eigenvalue weighted by Crippen LogP contribution is 2.41. The standard InChI is InChI=1S/C15H17NO2/c1-15(2)9-10-5-3-6-11(14(10)18-15)13(17)12-7-4-8-16-12/h3-8,13,16-17H,9H2,1-2H3. The first-order valence-corrected chi connectivity index (χ1v) is 6.19. The average molecular weight is 243 g/mol. The van der Waals surface area contributed by atoms with Crippen LogP contribution in [0.4, 0.5) is 0 Å². The maximum atomic E-state index is 10.4. The van der Waals surface area contributed by atoms with Crippen molar-refractivity contribution in [2.45, 2.75) is 32.0 Å². The Morgan fingerprint density at radius 1 is 1.28 bits per heavy atom. The topological polar surface area (TPSA) is 45.2 Å². The number of fused-ring (bicyclic) bond motifs is 1. The van der Waals surface area contributed by atoms with Crippen molar-refractivity contribution in [2.24, 2.45) is 0 Å². The molecule has 0 fully saturated rings. The van der Waals surface area contributed by atoms with Crippen LogP contribution < -0.4 is 4.74 Å². The van der Waals surface area contributed by atoms with E-state index in [1.54, 1.807) is 0 Å². The Morgan fingerprint density at radius 2 is 2.11 bits per heavy atom. The van der Waals surface area contributed by atoms with Gasteiger partial charge in [-0.3, -0.25) is 0 Å². The number of aliphatic hydroxyl groups excluding tert-OH is 1. The van der Waals surface area contributed by atoms with Gasteiger partial charge in [0.2, 0.25) is 0 Å². The first-order chi connectivity index (χ1) is 8.57. The smallest absolute Gasteiger partial charge is 0.129 e. The van der Waals surface area contributed by atoms with Crippen LogP contribution in [0, 0.1) is 0 Å². The van der Waals surface area contributed by atoms with Crippen molar-refractivity contribution >= 4 is 0 Å². The van der Waals surface area contributed by atoms with Crippen LogP contribution in [0.25, 0.3) is 0 Å². The molecule has 94 valence electrons. The van der Waals surface area contributed by atoms with Crippen molar-refractivity contribution in [1.82, 2.24) is 4.98 Å². The highest BCUT2D eigenvalue weighted by atomic mass is 16.5. The van der Waals surface area contributed by atoms with Gasteiger partial charge in [-0.15, -0.1) is 0 Å². The van der Waals surface area contributed by atoms with E-state index in [-0.39, 0.29) is 5.60 Å². The first-order valence-electron chi connectivity index (χ1n) is 6.19. The van der Waals surface area contributed by atoms with E-state index < -0.39 is 6.10 Å². The summed E-state index contributed by atoms with van der Waals surface area (Å²) in [7, 11) is 0. The summed E-state index contributed by atoms with van der Waals surface area (Å²) in [6.07, 6.45) is 2.03. The molecule has 2 N–H and O–H groups in total. The van der Waals surface area contributed by atoms with Gasteiger partial charge in [-0.1, -0.05) is 18.2 Å². The molecule has 1 aromatic carbocycles. The number of H-pyrrole nitrogens is 1. The fraction of sp³-hybridized carbons (Fsp3) is 0.333. The molecule has 1 atom stereocenters. The molecule has 1 aliphatic rings. The number of aromatic amines is 1. The van der Waals surface area contributed by atoms with Gasteiger partial charge in [0, 0.05) is 23.9 Å². The molecule has 0 saturated carbocycles. The zero-order valence-electron chi connectivity index (χ0n) is 10.6. The van der Waals surface area contributed by atoms with Crippen LogP contribution in [-0.4, -0.2) is 15.7 Å². The molecule has 1 aliphatic heterocycles. The van der Waals surface area contributed by atoms with Crippen LogP contribution in [0.3, 0.4) is 0 Å². The molecule has 3 rings (SSSR count). The van der Waals surface area contributed by atoms with Gasteiger partial charge in [-0.25, -0.2) is 0 Å². The van der Waals surface area contributed by atoms with Gasteiger partial charge in [0.05, 0.1) is 0 Å². The molecule has 0 aliphatic carbocycles. The summed E-state index contributed by atoms with van der Waals surface area (Å²) < 4.78 is 5.97. The Morgan fingerprint density at radius 3 is 2.83 bits per heavy atom. The minimum absolute atomic E-state index is 0.187. The quantitative estimate of drug-likeness (QED) is 0.852. The van der Waals surface area contributed by atoms with Crippen LogP contribution in [-0.2, 0) is 6.42 Å². The molecular weight excluding hydrogens is 226 g/mol. The van der Waals surface area contributed by atoms with Gasteiger partial charge >= 0.3 is 0 Å². The second-order valence-electron chi connectivity index (χ2n) is 5.40. The summed E-state index contributed by atoms with van der Waals surface area (Å²) in [5.41, 5.74) is 2.61. The van der Waals surface area contributed by atoms with Crippen molar-refractivity contribution < 1.29 is 9.84 Å². The van der Waals surface area contributed by atoms with Crippen molar-refractivity contribution in [3.05, 3.63) is 53.3 Å². The highest BCUT2D eigenvalue weighted by Gasteiger charge is 2.33. The Bertz CT molecular complexity index is 558. The van der Waals surface area contributed by atoms with E-state index in [0.29, 0.717) is 0 Å². The molecule has 0 amide bonds. The minimum Gasteiger partial charge on any atom is -0.487 e. The van der Waals surface area contributed by atoms with E-state index in [0.717, 1.165) is 23.4 Å². The van der Waals surface area contributed by atoms with E-state index in [1.165, 1.54) is 5.56 Å². The molecule has 0 spiro atoms. The van der Waals surface area contributed by atoms with Crippen molar-refractivity contribution in [1.29, 1.82) is 0 Å². The molecule has 2 aromatic rings. The molecular formula is C15H17NO2. The van der Waals surface area contributed by atoms with E-state index in [1.807, 2.05) is 30.5 Å². The number of ether oxygens (including phenoxy) is 1. The number of aliphatic hydroxyl groups is 1. The van der Waals surface area contributed by atoms with E-state index in [9.17, 15) is 5.11 Å². The first kappa shape index (κ1) is 11.4. The van der Waals surface area contributed by atoms with Gasteiger partial charge in [0.25, 0.3) is 0 Å². The van der Waals surface area contributed by atoms with Gasteiger partial charge in [0.15, 0.2) is 0 Å². The van der Waals surface area contributed by atoms with Crippen LogP contribution in [0.2, 0.25) is 0 Å². The Balaban J connectivity index is 2.03. The number of para-hydroxylation sites is 1. The SMILES string of the molecule is CC1(C)Cc2cccc(C(O)c3ccc[nH]3)c2O1. The van der Waals surface area contributed by atoms with Crippen LogP contribution in [0.1, 0.15) is 36.8 Å². The third-order valence-electron chi connectivity index (χ3n) is 3.33. The monoisotopic (exact) mass is 243 g/mol. The van der Waals surface area contributed by atoms with Gasteiger partial charge in [-0.05, 0) is 31.5 Å². The summed E-state index contributed by atoms with van der Waals surface area (Å²) >= 11 is 0. The predicted octanol–water partition coefficient (Wildman–Crippen LogP) is 2.81. The molecule has 0 saturated heterocycles. The number of nitrogens with one attached hydrogen (secondary N) is 1. The van der Waals surface area contributed by atoms with Gasteiger partial charge in [-0.2, -0.15) is 0 Å². The maximum absolute atomic E-state index is 10.4. The number of aromatic nitrogens is 1. The largest absolute Gasteiger partial charge is 0.487 e. The molecule has 3 nitrogen and oxygen atoms in total. The third kappa shape index (κ3) is 1.81. The average Bonchev–Trinajstić information content (AvgIpc) is 2.91. The minimum atomic E-state index is -0.663. The van der Waals surface area contributed by atoms with Crippen molar-refractivity contribution in [2.75, 3.05) is 0 Å². The molecule has 0 bridgehead atoms. The van der Waals surface area contributed by atoms with Crippen molar-refractivity contribution in [3.63, 3.8) is 0 Å². The summed E-state index contributed by atoms with van der Waals surface area (Å²) in [4.78, 5) is 3.04. The molecule has 1 unspecified atom stereocenters. The normalized spacial score (nSPS) is 18.2. The second kappa shape index (κ2) is 3.89. The Kier molecular flexibility index (Phi) is 2.45. The lowest BCUT2D eigenvalue weighted by Gasteiger charge is -2.19. The summed E-state index contributed by atoms with van der Waals surface area (Å²) in [6.45, 7) is 4.13. The zero-order chi connectivity index (χ0) is 12.8. The number of hydrogen-bond donors (Lipinski definition) is 2. The lowest BCUT2D eigenvalue weighted by Crippen LogP contribution is -2.25. The molecule has 0 radical (unpaired) electrons. The van der Waals surface area contributed by atoms with Crippen molar-refractivity contribution in [3.8, 4) is 5.75 Å². The van der Waals surface area contributed by atoms with Crippen LogP contribution >= 0.6 is 0 Å². The van der Waals surface area contributed by atoms with Crippen LogP contribution in [0.15, 0.2) is 36.5 Å². The fourth-order valence-corrected chi connectivity index (χ4v) is 2.54. The highest BCUT2D eigenvalue weighted by molar-refractivity contribution is 5.48. The lowest BCUT2D eigenvalue weighted by molar-refractivity contribution is 0.131. The molecule has 1 aromatic heterocycles. The van der Waals surface area contributed by atoms with E-state index in [4.69, 9.17) is 4.74 Å². The number of rotatable bonds is 2. The summed E-state index contributed by atoms with van der Waals surface area (Å²) in [5, 5.41) is 10.4. The fourth-order valence-electron chi connectivity index (χ4n) is 2.54. The predicted molar refractivity (Wildman–Crippen MR) is 69.7 cm³/mol. The number of hydrogen-bond acceptors (Lipinski definition) is 2. The second-order valence-corrected chi connectivity index (χ2v) is 5.40. The van der Waals surface area contributed by atoms with Gasteiger partial charge in [0.1, 0.15) is 17.5 Å². The summed E-state index contributed by atoms with van der Waals surface area (Å²) in [5.74, 6) is 0.838. The Labute approximate surface area is 106 Å². The van der Waals surface area contributed by atoms with E-state index >= 15 is 0 Å². The number of benzene rings is 1. The van der Waals surface area contributed by atoms with Crippen LogP contribution in [0.5, 0.6) is 5.75 Å². The summed E-state index contributed by atoms with van der Waals surface area (Å²) in [6, 6.07) is 9.72. The molecule has 2 heterocycles. The third-order valence-corrected chi connectivity index (χ3v) is 3.33.